The molecule has 0 amide bonds. The van der Waals surface area contributed by atoms with E-state index in [0.29, 0.717) is 11.3 Å². The van der Waals surface area contributed by atoms with Crippen molar-refractivity contribution in [3.63, 3.8) is 0 Å². The monoisotopic (exact) mass is 392 g/mol. The minimum atomic E-state index is 0.189. The minimum Gasteiger partial charge on any atom is -0.507 e. The summed E-state index contributed by atoms with van der Waals surface area (Å²) in [5.74, 6) is 1.68. The second-order valence-electron chi connectivity index (χ2n) is 6.52. The Morgan fingerprint density at radius 1 is 0.567 bits per heavy atom. The molecule has 0 spiro atoms. The van der Waals surface area contributed by atoms with Crippen molar-refractivity contribution in [2.45, 2.75) is 0 Å². The summed E-state index contributed by atoms with van der Waals surface area (Å²) in [4.78, 5) is 9.14. The van der Waals surface area contributed by atoms with Crippen molar-refractivity contribution in [2.75, 3.05) is 0 Å². The third kappa shape index (κ3) is 4.80. The summed E-state index contributed by atoms with van der Waals surface area (Å²) in [6, 6.07) is 32.1. The van der Waals surface area contributed by atoms with E-state index in [-0.39, 0.29) is 5.75 Å². The third-order valence-corrected chi connectivity index (χ3v) is 4.39. The molecule has 0 atom stereocenters. The van der Waals surface area contributed by atoms with Gasteiger partial charge in [-0.2, -0.15) is 0 Å². The van der Waals surface area contributed by atoms with Crippen LogP contribution in [0.4, 0.5) is 11.4 Å². The lowest BCUT2D eigenvalue weighted by molar-refractivity contribution is 0.474. The number of phenols is 1. The summed E-state index contributed by atoms with van der Waals surface area (Å²) in [5.41, 5.74) is 2.94. The molecule has 4 aromatic carbocycles. The normalized spacial score (nSPS) is 11.2. The van der Waals surface area contributed by atoms with Crippen LogP contribution in [0.25, 0.3) is 0 Å². The van der Waals surface area contributed by atoms with E-state index in [1.54, 1.807) is 24.6 Å². The molecule has 0 fully saturated rings. The van der Waals surface area contributed by atoms with Crippen molar-refractivity contribution < 1.29 is 9.84 Å². The van der Waals surface area contributed by atoms with Gasteiger partial charge in [0, 0.05) is 23.6 Å². The standard InChI is InChI=1S/C26H20N2O2/c29-25-16-8-4-10-20(25)18-27-23-14-6-7-15-24(23)28-19-21-11-5-9-17-26(21)30-22-12-2-1-3-13-22/h1-19,29H. The van der Waals surface area contributed by atoms with Gasteiger partial charge in [0.25, 0.3) is 0 Å². The van der Waals surface area contributed by atoms with Gasteiger partial charge in [0.1, 0.15) is 17.2 Å². The zero-order valence-electron chi connectivity index (χ0n) is 16.2. The Morgan fingerprint density at radius 2 is 1.10 bits per heavy atom. The van der Waals surface area contributed by atoms with Gasteiger partial charge < -0.3 is 9.84 Å². The van der Waals surface area contributed by atoms with Crippen molar-refractivity contribution in [3.8, 4) is 17.2 Å². The largest absolute Gasteiger partial charge is 0.507 e. The van der Waals surface area contributed by atoms with Crippen LogP contribution in [0, 0.1) is 0 Å². The molecule has 4 rings (SSSR count). The quantitative estimate of drug-likeness (QED) is 0.372. The van der Waals surface area contributed by atoms with Gasteiger partial charge in [-0.3, -0.25) is 9.98 Å². The summed E-state index contributed by atoms with van der Waals surface area (Å²) in [6.45, 7) is 0. The molecule has 0 saturated carbocycles. The molecule has 0 aromatic heterocycles. The maximum atomic E-state index is 9.93. The van der Waals surface area contributed by atoms with E-state index < -0.39 is 0 Å². The average Bonchev–Trinajstić information content (AvgIpc) is 2.79. The molecule has 0 radical (unpaired) electrons. The van der Waals surface area contributed by atoms with Crippen molar-refractivity contribution in [2.24, 2.45) is 9.98 Å². The number of rotatable bonds is 6. The Hall–Kier alpha value is -4.18. The first kappa shape index (κ1) is 19.2. The van der Waals surface area contributed by atoms with E-state index in [1.165, 1.54) is 0 Å². The zero-order chi connectivity index (χ0) is 20.6. The van der Waals surface area contributed by atoms with E-state index in [4.69, 9.17) is 4.74 Å². The first-order chi connectivity index (χ1) is 14.8. The second kappa shape index (κ2) is 9.34. The predicted octanol–water partition coefficient (Wildman–Crippen LogP) is 6.69. The van der Waals surface area contributed by atoms with Crippen LogP contribution in [0.2, 0.25) is 0 Å². The van der Waals surface area contributed by atoms with Gasteiger partial charge in [0.05, 0.1) is 11.4 Å². The molecule has 0 aliphatic rings. The fraction of sp³-hybridized carbons (Fsp3) is 0. The maximum absolute atomic E-state index is 9.93. The van der Waals surface area contributed by atoms with Gasteiger partial charge in [-0.1, -0.05) is 54.6 Å². The summed E-state index contributed by atoms with van der Waals surface area (Å²) >= 11 is 0. The highest BCUT2D eigenvalue weighted by Crippen LogP contribution is 2.29. The molecule has 0 bridgehead atoms. The number of hydrogen-bond donors (Lipinski definition) is 1. The van der Waals surface area contributed by atoms with E-state index >= 15 is 0 Å². The van der Waals surface area contributed by atoms with Gasteiger partial charge in [-0.25, -0.2) is 0 Å². The summed E-state index contributed by atoms with van der Waals surface area (Å²) in [6.07, 6.45) is 3.41. The maximum Gasteiger partial charge on any atom is 0.136 e. The topological polar surface area (TPSA) is 54.2 Å². The van der Waals surface area contributed by atoms with Crippen LogP contribution >= 0.6 is 0 Å². The van der Waals surface area contributed by atoms with Crippen LogP contribution in [-0.2, 0) is 0 Å². The number of phenolic OH excluding ortho intramolecular Hbond substituents is 1. The SMILES string of the molecule is Oc1ccccc1C=Nc1ccccc1N=Cc1ccccc1Oc1ccccc1. The Bertz CT molecular complexity index is 1180. The number of benzene rings is 4. The molecule has 0 unspecified atom stereocenters. The fourth-order valence-corrected chi connectivity index (χ4v) is 2.85. The van der Waals surface area contributed by atoms with Gasteiger partial charge in [0.15, 0.2) is 0 Å². The molecule has 1 N–H and O–H groups in total. The highest BCUT2D eigenvalue weighted by Gasteiger charge is 2.04. The number of aliphatic imine (C=N–C) groups is 2. The summed E-state index contributed by atoms with van der Waals surface area (Å²) < 4.78 is 6.00. The number of ether oxygens (including phenoxy) is 1. The predicted molar refractivity (Wildman–Crippen MR) is 122 cm³/mol. The van der Waals surface area contributed by atoms with Crippen molar-refractivity contribution in [1.82, 2.24) is 0 Å². The van der Waals surface area contributed by atoms with E-state index in [9.17, 15) is 5.11 Å². The highest BCUT2D eigenvalue weighted by atomic mass is 16.5. The second-order valence-corrected chi connectivity index (χ2v) is 6.52. The van der Waals surface area contributed by atoms with E-state index in [0.717, 1.165) is 22.7 Å². The molecule has 0 saturated heterocycles. The summed E-state index contributed by atoms with van der Waals surface area (Å²) in [5, 5.41) is 9.93. The zero-order valence-corrected chi connectivity index (χ0v) is 16.2. The minimum absolute atomic E-state index is 0.189. The molecule has 4 heteroatoms. The van der Waals surface area contributed by atoms with Gasteiger partial charge >= 0.3 is 0 Å². The van der Waals surface area contributed by atoms with Gasteiger partial charge in [-0.15, -0.1) is 0 Å². The highest BCUT2D eigenvalue weighted by molar-refractivity contribution is 5.89. The lowest BCUT2D eigenvalue weighted by atomic mass is 10.2. The average molecular weight is 392 g/mol. The van der Waals surface area contributed by atoms with E-state index in [2.05, 4.69) is 9.98 Å². The van der Waals surface area contributed by atoms with Gasteiger partial charge in [0.2, 0.25) is 0 Å². The van der Waals surface area contributed by atoms with Crippen LogP contribution in [0.1, 0.15) is 11.1 Å². The van der Waals surface area contributed by atoms with Crippen LogP contribution < -0.4 is 4.74 Å². The molecule has 4 nitrogen and oxygen atoms in total. The smallest absolute Gasteiger partial charge is 0.136 e. The number of aromatic hydroxyl groups is 1. The number of para-hydroxylation sites is 5. The Kier molecular flexibility index (Phi) is 5.97. The Labute approximate surface area is 175 Å². The molecule has 0 aliphatic heterocycles. The molecule has 0 aliphatic carbocycles. The molecule has 30 heavy (non-hydrogen) atoms. The molecule has 0 heterocycles. The number of nitrogens with zero attached hydrogens (tertiary/aromatic N) is 2. The van der Waals surface area contributed by atoms with Crippen molar-refractivity contribution in [1.29, 1.82) is 0 Å². The third-order valence-electron chi connectivity index (χ3n) is 4.39. The lowest BCUT2D eigenvalue weighted by Gasteiger charge is -2.08. The van der Waals surface area contributed by atoms with Crippen LogP contribution in [-0.4, -0.2) is 17.5 Å². The lowest BCUT2D eigenvalue weighted by Crippen LogP contribution is -1.90. The van der Waals surface area contributed by atoms with Crippen LogP contribution in [0.5, 0.6) is 17.2 Å². The first-order valence-electron chi connectivity index (χ1n) is 9.57. The molecule has 146 valence electrons. The number of hydrogen-bond acceptors (Lipinski definition) is 4. The Morgan fingerprint density at radius 3 is 1.80 bits per heavy atom. The van der Waals surface area contributed by atoms with Crippen molar-refractivity contribution in [3.05, 3.63) is 114 Å². The van der Waals surface area contributed by atoms with Gasteiger partial charge in [-0.05, 0) is 48.5 Å². The molecule has 4 aromatic rings. The Balaban J connectivity index is 1.59. The fourth-order valence-electron chi connectivity index (χ4n) is 2.85. The van der Waals surface area contributed by atoms with Crippen LogP contribution in [0.3, 0.4) is 0 Å². The first-order valence-corrected chi connectivity index (χ1v) is 9.57. The molecular weight excluding hydrogens is 372 g/mol. The molecular formula is C26H20N2O2. The van der Waals surface area contributed by atoms with Crippen LogP contribution in [0.15, 0.2) is 113 Å². The van der Waals surface area contributed by atoms with Crippen molar-refractivity contribution >= 4 is 23.8 Å². The summed E-state index contributed by atoms with van der Waals surface area (Å²) in [7, 11) is 0. The van der Waals surface area contributed by atoms with E-state index in [1.807, 2.05) is 91.0 Å².